The Hall–Kier alpha value is -3.41. The van der Waals surface area contributed by atoms with Gasteiger partial charge in [-0.15, -0.1) is 0 Å². The van der Waals surface area contributed by atoms with Gasteiger partial charge in [-0.25, -0.2) is 0 Å². The smallest absolute Gasteiger partial charge is 0.306 e. The van der Waals surface area contributed by atoms with Crippen LogP contribution in [-0.2, 0) is 28.6 Å². The fourth-order valence-electron chi connectivity index (χ4n) is 8.34. The zero-order chi connectivity index (χ0) is 51.4. The van der Waals surface area contributed by atoms with Crippen LogP contribution < -0.4 is 0 Å². The van der Waals surface area contributed by atoms with Crippen LogP contribution in [-0.4, -0.2) is 37.2 Å². The third-order valence-electron chi connectivity index (χ3n) is 12.9. The topological polar surface area (TPSA) is 78.9 Å². The predicted molar refractivity (Wildman–Crippen MR) is 307 cm³/mol. The van der Waals surface area contributed by atoms with Crippen molar-refractivity contribution in [1.82, 2.24) is 0 Å². The Morgan fingerprint density at radius 1 is 0.296 bits per heavy atom. The molecule has 0 spiro atoms. The Kier molecular flexibility index (Phi) is 56.3. The van der Waals surface area contributed by atoms with E-state index in [1.807, 2.05) is 0 Å². The molecule has 0 saturated heterocycles. The van der Waals surface area contributed by atoms with Gasteiger partial charge in [0.1, 0.15) is 13.2 Å². The number of carbonyl (C=O) groups excluding carboxylic acids is 3. The molecule has 0 aliphatic carbocycles. The molecule has 0 saturated carbocycles. The Labute approximate surface area is 439 Å². The summed E-state index contributed by atoms with van der Waals surface area (Å²) in [6.07, 6.45) is 77.2. The molecular weight excluding hydrogens is 877 g/mol. The molecule has 1 atom stereocenters. The van der Waals surface area contributed by atoms with Crippen LogP contribution in [0.2, 0.25) is 0 Å². The van der Waals surface area contributed by atoms with Crippen LogP contribution in [0.1, 0.15) is 290 Å². The SMILES string of the molecule is CC/C=C\C/C=C\C/C=C\C/C=C\C/C=C\CCCCCC(=O)OCC(COC(=O)CCCCCCC/C=C\CCCCCCCCC)OC(=O)CCCCCCCCC/C=C\CCCCCCCCC. The predicted octanol–water partition coefficient (Wildman–Crippen LogP) is 20.3. The Balaban J connectivity index is 4.46. The van der Waals surface area contributed by atoms with Gasteiger partial charge in [0.05, 0.1) is 0 Å². The van der Waals surface area contributed by atoms with Crippen molar-refractivity contribution in [1.29, 1.82) is 0 Å². The second-order valence-corrected chi connectivity index (χ2v) is 19.9. The fourth-order valence-corrected chi connectivity index (χ4v) is 8.34. The third kappa shape index (κ3) is 57.4. The second kappa shape index (κ2) is 59.2. The van der Waals surface area contributed by atoms with Crippen LogP contribution in [0.5, 0.6) is 0 Å². The van der Waals surface area contributed by atoms with Crippen molar-refractivity contribution in [2.24, 2.45) is 0 Å². The van der Waals surface area contributed by atoms with Crippen molar-refractivity contribution < 1.29 is 28.6 Å². The highest BCUT2D eigenvalue weighted by Gasteiger charge is 2.19. The lowest BCUT2D eigenvalue weighted by Crippen LogP contribution is -2.30. The molecular formula is C65H112O6. The van der Waals surface area contributed by atoms with Crippen LogP contribution in [0.15, 0.2) is 85.1 Å². The first-order chi connectivity index (χ1) is 35.0. The first kappa shape index (κ1) is 67.6. The zero-order valence-electron chi connectivity index (χ0n) is 46.7. The van der Waals surface area contributed by atoms with Crippen molar-refractivity contribution in [3.05, 3.63) is 85.1 Å². The minimum absolute atomic E-state index is 0.0927. The second-order valence-electron chi connectivity index (χ2n) is 19.9. The van der Waals surface area contributed by atoms with Gasteiger partial charge in [-0.2, -0.15) is 0 Å². The maximum atomic E-state index is 12.9. The van der Waals surface area contributed by atoms with Crippen molar-refractivity contribution in [3.8, 4) is 0 Å². The maximum Gasteiger partial charge on any atom is 0.306 e. The average Bonchev–Trinajstić information content (AvgIpc) is 3.37. The summed E-state index contributed by atoms with van der Waals surface area (Å²) in [6.45, 7) is 6.50. The molecule has 0 aromatic heterocycles. The van der Waals surface area contributed by atoms with E-state index in [0.717, 1.165) is 103 Å². The van der Waals surface area contributed by atoms with Gasteiger partial charge in [-0.05, 0) is 116 Å². The lowest BCUT2D eigenvalue weighted by molar-refractivity contribution is -0.167. The molecule has 0 aliphatic rings. The van der Waals surface area contributed by atoms with Gasteiger partial charge in [0.15, 0.2) is 6.10 Å². The van der Waals surface area contributed by atoms with Gasteiger partial charge in [0, 0.05) is 19.3 Å². The normalized spacial score (nSPS) is 12.7. The van der Waals surface area contributed by atoms with Gasteiger partial charge in [0.25, 0.3) is 0 Å². The Morgan fingerprint density at radius 2 is 0.549 bits per heavy atom. The number of hydrogen-bond acceptors (Lipinski definition) is 6. The van der Waals surface area contributed by atoms with E-state index in [0.29, 0.717) is 19.3 Å². The molecule has 0 rings (SSSR count). The summed E-state index contributed by atoms with van der Waals surface area (Å²) < 4.78 is 16.9. The van der Waals surface area contributed by atoms with Crippen LogP contribution in [0.25, 0.3) is 0 Å². The monoisotopic (exact) mass is 989 g/mol. The molecule has 0 aromatic rings. The molecule has 0 aliphatic heterocycles. The summed E-state index contributed by atoms with van der Waals surface area (Å²) in [7, 11) is 0. The van der Waals surface area contributed by atoms with E-state index in [2.05, 4.69) is 106 Å². The number of ether oxygens (including phenoxy) is 3. The van der Waals surface area contributed by atoms with Gasteiger partial charge >= 0.3 is 17.9 Å². The van der Waals surface area contributed by atoms with Gasteiger partial charge in [-0.3, -0.25) is 14.4 Å². The van der Waals surface area contributed by atoms with Crippen LogP contribution in [0, 0.1) is 0 Å². The van der Waals surface area contributed by atoms with E-state index in [-0.39, 0.29) is 31.1 Å². The standard InChI is InChI=1S/C65H112O6/c1-4-7-10-13-16-19-22-25-28-31-33-35-37-40-43-46-49-52-55-58-64(67)70-61-62(60-69-63(66)57-54-51-48-45-42-39-36-30-27-24-21-18-15-12-9-6-3)71-65(68)59-56-53-50-47-44-41-38-34-32-29-26-23-20-17-14-11-8-5-2/h7,10,16,19,25,28-30,32-33,35-36,40,43,62H,4-6,8-9,11-15,17-18,20-24,26-27,31,34,37-39,41-42,44-61H2,1-3H3/b10-7-,19-16-,28-25-,32-29-,35-33-,36-30-,43-40-. The van der Waals surface area contributed by atoms with E-state index in [9.17, 15) is 14.4 Å². The highest BCUT2D eigenvalue weighted by Crippen LogP contribution is 2.15. The van der Waals surface area contributed by atoms with E-state index in [4.69, 9.17) is 14.2 Å². The number of hydrogen-bond donors (Lipinski definition) is 0. The molecule has 6 heteroatoms. The summed E-state index contributed by atoms with van der Waals surface area (Å²) in [5.41, 5.74) is 0. The molecule has 0 radical (unpaired) electrons. The van der Waals surface area contributed by atoms with E-state index in [1.165, 1.54) is 148 Å². The van der Waals surface area contributed by atoms with Crippen molar-refractivity contribution in [2.75, 3.05) is 13.2 Å². The number of unbranched alkanes of at least 4 members (excludes halogenated alkanes) is 29. The van der Waals surface area contributed by atoms with Crippen molar-refractivity contribution in [3.63, 3.8) is 0 Å². The first-order valence-electron chi connectivity index (χ1n) is 30.1. The lowest BCUT2D eigenvalue weighted by Gasteiger charge is -2.18. The van der Waals surface area contributed by atoms with Crippen molar-refractivity contribution >= 4 is 17.9 Å². The minimum Gasteiger partial charge on any atom is -0.462 e. The highest BCUT2D eigenvalue weighted by molar-refractivity contribution is 5.71. The van der Waals surface area contributed by atoms with E-state index < -0.39 is 6.10 Å². The van der Waals surface area contributed by atoms with E-state index in [1.54, 1.807) is 0 Å². The number of esters is 3. The largest absolute Gasteiger partial charge is 0.462 e. The Bertz CT molecular complexity index is 1370. The van der Waals surface area contributed by atoms with Gasteiger partial charge in [-0.1, -0.05) is 241 Å². The summed E-state index contributed by atoms with van der Waals surface area (Å²) >= 11 is 0. The zero-order valence-corrected chi connectivity index (χ0v) is 46.7. The third-order valence-corrected chi connectivity index (χ3v) is 12.9. The molecule has 6 nitrogen and oxygen atoms in total. The molecule has 71 heavy (non-hydrogen) atoms. The summed E-state index contributed by atoms with van der Waals surface area (Å²) in [5.74, 6) is -0.929. The molecule has 1 unspecified atom stereocenters. The minimum atomic E-state index is -0.797. The molecule has 408 valence electrons. The molecule has 0 bridgehead atoms. The van der Waals surface area contributed by atoms with Gasteiger partial charge in [0.2, 0.25) is 0 Å². The summed E-state index contributed by atoms with van der Waals surface area (Å²) in [6, 6.07) is 0. The summed E-state index contributed by atoms with van der Waals surface area (Å²) in [5, 5.41) is 0. The lowest BCUT2D eigenvalue weighted by atomic mass is 10.1. The van der Waals surface area contributed by atoms with Gasteiger partial charge < -0.3 is 14.2 Å². The summed E-state index contributed by atoms with van der Waals surface area (Å²) in [4.78, 5) is 38.2. The molecule has 0 heterocycles. The molecule has 0 aromatic carbocycles. The Morgan fingerprint density at radius 3 is 0.887 bits per heavy atom. The quantitative estimate of drug-likeness (QED) is 0.0261. The number of rotatable bonds is 54. The van der Waals surface area contributed by atoms with Crippen LogP contribution in [0.3, 0.4) is 0 Å². The number of carbonyl (C=O) groups is 3. The highest BCUT2D eigenvalue weighted by atomic mass is 16.6. The fraction of sp³-hybridized carbons (Fsp3) is 0.738. The average molecular weight is 990 g/mol. The number of allylic oxidation sites excluding steroid dienone is 14. The van der Waals surface area contributed by atoms with E-state index >= 15 is 0 Å². The van der Waals surface area contributed by atoms with Crippen LogP contribution >= 0.6 is 0 Å². The van der Waals surface area contributed by atoms with Crippen LogP contribution in [0.4, 0.5) is 0 Å². The molecule has 0 N–H and O–H groups in total. The van der Waals surface area contributed by atoms with Crippen molar-refractivity contribution in [2.45, 2.75) is 297 Å². The first-order valence-corrected chi connectivity index (χ1v) is 30.1. The molecule has 0 fully saturated rings. The maximum absolute atomic E-state index is 12.9. The molecule has 0 amide bonds.